The zero-order valence-corrected chi connectivity index (χ0v) is 22.4. The Morgan fingerprint density at radius 2 is 1.89 bits per heavy atom. The number of hydrogen-bond donors (Lipinski definition) is 0. The van der Waals surface area contributed by atoms with Crippen LogP contribution in [0.25, 0.3) is 21.8 Å². The Bertz CT molecular complexity index is 1510. The van der Waals surface area contributed by atoms with E-state index in [0.717, 1.165) is 64.9 Å². The number of pyridine rings is 1. The van der Waals surface area contributed by atoms with Crippen LogP contribution < -0.4 is 9.47 Å². The van der Waals surface area contributed by atoms with Crippen LogP contribution in [-0.2, 0) is 19.9 Å². The molecule has 0 saturated heterocycles. The van der Waals surface area contributed by atoms with Crippen LogP contribution in [0.5, 0.6) is 11.5 Å². The molecular formula is C32H36FN3O2. The van der Waals surface area contributed by atoms with Crippen molar-refractivity contribution < 1.29 is 13.9 Å². The summed E-state index contributed by atoms with van der Waals surface area (Å²) in [5.74, 6) is 2.06. The van der Waals surface area contributed by atoms with Crippen molar-refractivity contribution >= 4 is 21.8 Å². The van der Waals surface area contributed by atoms with E-state index >= 15 is 0 Å². The fourth-order valence-electron chi connectivity index (χ4n) is 7.18. The minimum atomic E-state index is -0.145. The molecule has 0 spiro atoms. The average molecular weight is 514 g/mol. The lowest BCUT2D eigenvalue weighted by atomic mass is 9.85. The second-order valence-corrected chi connectivity index (χ2v) is 11.6. The highest BCUT2D eigenvalue weighted by Crippen LogP contribution is 2.39. The van der Waals surface area contributed by atoms with Crippen LogP contribution >= 0.6 is 0 Å². The lowest BCUT2D eigenvalue weighted by Gasteiger charge is -2.37. The maximum absolute atomic E-state index is 14.2. The van der Waals surface area contributed by atoms with E-state index in [2.05, 4.69) is 27.6 Å². The van der Waals surface area contributed by atoms with E-state index in [-0.39, 0.29) is 11.9 Å². The van der Waals surface area contributed by atoms with Gasteiger partial charge in [-0.05, 0) is 93.0 Å². The summed E-state index contributed by atoms with van der Waals surface area (Å²) in [5, 5.41) is 2.11. The van der Waals surface area contributed by atoms with Crippen molar-refractivity contribution in [3.63, 3.8) is 0 Å². The summed E-state index contributed by atoms with van der Waals surface area (Å²) in [7, 11) is 2.13. The van der Waals surface area contributed by atoms with E-state index < -0.39 is 0 Å². The lowest BCUT2D eigenvalue weighted by Crippen LogP contribution is -2.47. The molecule has 2 aliphatic carbocycles. The SMILES string of the molecule is Cc1ccc2c3c(ccc2n1)OC[C@H](CN(C[C@H]1CCc2c(c4cc(F)ccc4n2C)C1)C1CCCC1)O3. The van der Waals surface area contributed by atoms with Gasteiger partial charge in [0.25, 0.3) is 0 Å². The van der Waals surface area contributed by atoms with Gasteiger partial charge in [0.05, 0.1) is 5.52 Å². The van der Waals surface area contributed by atoms with Gasteiger partial charge in [-0.15, -0.1) is 0 Å². The van der Waals surface area contributed by atoms with Crippen molar-refractivity contribution in [1.82, 2.24) is 14.5 Å². The first-order valence-corrected chi connectivity index (χ1v) is 14.2. The Morgan fingerprint density at radius 1 is 1.03 bits per heavy atom. The van der Waals surface area contributed by atoms with Crippen molar-refractivity contribution in [1.29, 1.82) is 0 Å². The molecule has 2 atom stereocenters. The number of nitrogens with zero attached hydrogens (tertiary/aromatic N) is 3. The van der Waals surface area contributed by atoms with Gasteiger partial charge in [-0.3, -0.25) is 9.88 Å². The van der Waals surface area contributed by atoms with Crippen molar-refractivity contribution in [2.75, 3.05) is 19.7 Å². The molecule has 0 radical (unpaired) electrons. The molecule has 7 rings (SSSR count). The molecular weight excluding hydrogens is 477 g/mol. The molecule has 198 valence electrons. The Labute approximate surface area is 223 Å². The Morgan fingerprint density at radius 3 is 2.76 bits per heavy atom. The van der Waals surface area contributed by atoms with Crippen molar-refractivity contribution in [3.8, 4) is 11.5 Å². The Balaban J connectivity index is 1.12. The number of ether oxygens (including phenoxy) is 2. The zero-order chi connectivity index (χ0) is 25.8. The first kappa shape index (κ1) is 24.0. The molecule has 0 unspecified atom stereocenters. The molecule has 2 aromatic heterocycles. The fraction of sp³-hybridized carbons (Fsp3) is 0.469. The largest absolute Gasteiger partial charge is 0.486 e. The predicted octanol–water partition coefficient (Wildman–Crippen LogP) is 6.36. The van der Waals surface area contributed by atoms with Crippen molar-refractivity contribution in [2.45, 2.75) is 64.0 Å². The molecule has 0 amide bonds. The predicted molar refractivity (Wildman–Crippen MR) is 149 cm³/mol. The van der Waals surface area contributed by atoms with E-state index in [1.165, 1.54) is 43.4 Å². The maximum Gasteiger partial charge on any atom is 0.171 e. The van der Waals surface area contributed by atoms with Crippen LogP contribution in [0, 0.1) is 18.7 Å². The van der Waals surface area contributed by atoms with Crippen LogP contribution in [0.3, 0.4) is 0 Å². The third kappa shape index (κ3) is 4.23. The quantitative estimate of drug-likeness (QED) is 0.311. The number of fused-ring (bicyclic) bond motifs is 6. The summed E-state index contributed by atoms with van der Waals surface area (Å²) in [6.45, 7) is 4.51. The third-order valence-electron chi connectivity index (χ3n) is 9.09. The number of benzene rings is 2. The van der Waals surface area contributed by atoms with Gasteiger partial charge < -0.3 is 14.0 Å². The summed E-state index contributed by atoms with van der Waals surface area (Å²) < 4.78 is 29.3. The van der Waals surface area contributed by atoms with Crippen molar-refractivity contribution in [2.24, 2.45) is 13.0 Å². The van der Waals surface area contributed by atoms with Gasteiger partial charge in [0.1, 0.15) is 18.5 Å². The molecule has 0 bridgehead atoms. The monoisotopic (exact) mass is 513 g/mol. The van der Waals surface area contributed by atoms with Gasteiger partial charge in [-0.25, -0.2) is 4.39 Å². The molecule has 3 aliphatic rings. The highest BCUT2D eigenvalue weighted by Gasteiger charge is 2.33. The molecule has 1 fully saturated rings. The molecule has 4 aromatic rings. The van der Waals surface area contributed by atoms with E-state index in [4.69, 9.17) is 9.47 Å². The van der Waals surface area contributed by atoms with Gasteiger partial charge in [-0.1, -0.05) is 12.8 Å². The second kappa shape index (κ2) is 9.57. The molecule has 1 saturated carbocycles. The van der Waals surface area contributed by atoms with Gasteiger partial charge in [0.15, 0.2) is 11.5 Å². The smallest absolute Gasteiger partial charge is 0.171 e. The highest BCUT2D eigenvalue weighted by molar-refractivity contribution is 5.88. The fourth-order valence-corrected chi connectivity index (χ4v) is 7.18. The Hall–Kier alpha value is -3.12. The first-order valence-electron chi connectivity index (χ1n) is 14.2. The third-order valence-corrected chi connectivity index (χ3v) is 9.09. The lowest BCUT2D eigenvalue weighted by molar-refractivity contribution is 0.0397. The van der Waals surface area contributed by atoms with Gasteiger partial charge in [0.2, 0.25) is 0 Å². The molecule has 0 N–H and O–H groups in total. The van der Waals surface area contributed by atoms with E-state index in [1.807, 2.05) is 31.2 Å². The molecule has 38 heavy (non-hydrogen) atoms. The molecule has 5 nitrogen and oxygen atoms in total. The molecule has 2 aromatic carbocycles. The number of aryl methyl sites for hydroxylation is 2. The molecule has 6 heteroatoms. The summed E-state index contributed by atoms with van der Waals surface area (Å²) in [6.07, 6.45) is 8.35. The van der Waals surface area contributed by atoms with Gasteiger partial charge in [0, 0.05) is 53.9 Å². The van der Waals surface area contributed by atoms with Gasteiger partial charge in [-0.2, -0.15) is 0 Å². The topological polar surface area (TPSA) is 39.5 Å². The Kier molecular flexibility index (Phi) is 6.03. The van der Waals surface area contributed by atoms with Crippen LogP contribution in [0.2, 0.25) is 0 Å². The first-order chi connectivity index (χ1) is 18.5. The van der Waals surface area contributed by atoms with Crippen LogP contribution in [0.15, 0.2) is 42.5 Å². The maximum atomic E-state index is 14.2. The minimum absolute atomic E-state index is 0.0131. The van der Waals surface area contributed by atoms with Crippen molar-refractivity contribution in [3.05, 3.63) is 65.2 Å². The summed E-state index contributed by atoms with van der Waals surface area (Å²) in [5.41, 5.74) is 5.83. The highest BCUT2D eigenvalue weighted by atomic mass is 19.1. The van der Waals surface area contributed by atoms with E-state index in [9.17, 15) is 4.39 Å². The average Bonchev–Trinajstić information content (AvgIpc) is 3.55. The normalized spacial score (nSPS) is 21.5. The zero-order valence-electron chi connectivity index (χ0n) is 22.4. The van der Waals surface area contributed by atoms with Crippen LogP contribution in [-0.4, -0.2) is 46.3 Å². The summed E-state index contributed by atoms with van der Waals surface area (Å²) >= 11 is 0. The van der Waals surface area contributed by atoms with E-state index in [1.54, 1.807) is 12.1 Å². The molecule has 3 heterocycles. The minimum Gasteiger partial charge on any atom is -0.486 e. The number of hydrogen-bond acceptors (Lipinski definition) is 4. The summed E-state index contributed by atoms with van der Waals surface area (Å²) in [6, 6.07) is 14.0. The van der Waals surface area contributed by atoms with Crippen LogP contribution in [0.4, 0.5) is 4.39 Å². The van der Waals surface area contributed by atoms with Crippen LogP contribution in [0.1, 0.15) is 49.1 Å². The van der Waals surface area contributed by atoms with E-state index in [0.29, 0.717) is 18.6 Å². The standard InChI is InChI=1S/C32H36FN3O2/c1-20-7-10-25-28(34-20)11-14-31-32(25)38-24(19-37-31)18-36(23-5-3-4-6-23)17-21-8-12-29-26(15-21)27-16-22(33)9-13-30(27)35(29)2/h7,9-11,13-14,16,21,23-24H,3-6,8,12,15,17-19H2,1-2H3/t21-,24-/m0/s1. The molecule has 1 aliphatic heterocycles. The number of halogens is 1. The second-order valence-electron chi connectivity index (χ2n) is 11.6. The number of aromatic nitrogens is 2. The van der Waals surface area contributed by atoms with Gasteiger partial charge >= 0.3 is 0 Å². The number of rotatable bonds is 5. The summed E-state index contributed by atoms with van der Waals surface area (Å²) in [4.78, 5) is 7.38.